The van der Waals surface area contributed by atoms with Gasteiger partial charge in [0, 0.05) is 11.6 Å². The summed E-state index contributed by atoms with van der Waals surface area (Å²) in [6.45, 7) is 7.44. The second-order valence-electron chi connectivity index (χ2n) is 4.06. The number of nitrogens with zero attached hydrogens (tertiary/aromatic N) is 1. The number of hydrogen-bond donors (Lipinski definition) is 1. The van der Waals surface area contributed by atoms with Crippen LogP contribution < -0.4 is 4.74 Å². The van der Waals surface area contributed by atoms with Crippen LogP contribution in [0.3, 0.4) is 0 Å². The summed E-state index contributed by atoms with van der Waals surface area (Å²) in [6.07, 6.45) is 0. The molecule has 2 aromatic carbocycles. The summed E-state index contributed by atoms with van der Waals surface area (Å²) in [5.74, 6) is 0.647. The van der Waals surface area contributed by atoms with Gasteiger partial charge in [-0.15, -0.1) is 0 Å². The summed E-state index contributed by atoms with van der Waals surface area (Å²) in [5.41, 5.74) is 2.20. The van der Waals surface area contributed by atoms with E-state index >= 15 is 0 Å². The Kier molecular flexibility index (Phi) is 3.98. The van der Waals surface area contributed by atoms with Crippen molar-refractivity contribution < 1.29 is 9.84 Å². The van der Waals surface area contributed by atoms with Gasteiger partial charge >= 0.3 is 0 Å². The summed E-state index contributed by atoms with van der Waals surface area (Å²) in [6, 6.07) is 15.1. The van der Waals surface area contributed by atoms with E-state index in [4.69, 9.17) is 4.74 Å². The zero-order chi connectivity index (χ0) is 13.7. The molecule has 19 heavy (non-hydrogen) atoms. The van der Waals surface area contributed by atoms with E-state index in [1.807, 2.05) is 30.3 Å². The minimum Gasteiger partial charge on any atom is -0.508 e. The number of aliphatic hydroxyl groups is 1. The Morgan fingerprint density at radius 1 is 1.16 bits per heavy atom. The van der Waals surface area contributed by atoms with Crippen LogP contribution in [0.2, 0.25) is 0 Å². The lowest BCUT2D eigenvalue weighted by atomic mass is 10.1. The van der Waals surface area contributed by atoms with Gasteiger partial charge in [-0.25, -0.2) is 0 Å². The molecular weight excluding hydrogens is 238 g/mol. The lowest BCUT2D eigenvalue weighted by Crippen LogP contribution is -1.95. The van der Waals surface area contributed by atoms with Crippen molar-refractivity contribution in [2.24, 2.45) is 4.99 Å². The van der Waals surface area contributed by atoms with Crippen LogP contribution in [0, 0.1) is 0 Å². The molecule has 0 aliphatic rings. The van der Waals surface area contributed by atoms with Crippen molar-refractivity contribution in [2.45, 2.75) is 6.61 Å². The van der Waals surface area contributed by atoms with E-state index in [1.54, 1.807) is 18.2 Å². The zero-order valence-corrected chi connectivity index (χ0v) is 10.5. The van der Waals surface area contributed by atoms with Crippen LogP contribution >= 0.6 is 0 Å². The third-order valence-electron chi connectivity index (χ3n) is 2.70. The summed E-state index contributed by atoms with van der Waals surface area (Å²) in [5, 5.41) is 9.41. The first-order valence-corrected chi connectivity index (χ1v) is 5.86. The number of benzene rings is 2. The largest absolute Gasteiger partial charge is 0.508 e. The minimum atomic E-state index is -0.0305. The monoisotopic (exact) mass is 253 g/mol. The van der Waals surface area contributed by atoms with Crippen molar-refractivity contribution in [1.82, 2.24) is 0 Å². The third kappa shape index (κ3) is 3.22. The molecule has 2 aromatic rings. The summed E-state index contributed by atoms with van der Waals surface area (Å²) < 4.78 is 5.67. The van der Waals surface area contributed by atoms with Crippen molar-refractivity contribution in [3.05, 3.63) is 66.2 Å². The fraction of sp³-hybridized carbons (Fsp3) is 0.0625. The van der Waals surface area contributed by atoms with Crippen LogP contribution in [0.5, 0.6) is 5.75 Å². The molecule has 0 aromatic heterocycles. The maximum absolute atomic E-state index is 9.41. The second-order valence-corrected chi connectivity index (χ2v) is 4.06. The highest BCUT2D eigenvalue weighted by atomic mass is 16.5. The third-order valence-corrected chi connectivity index (χ3v) is 2.70. The first-order chi connectivity index (χ1) is 9.20. The number of aliphatic imine (C=N–C) groups is 1. The van der Waals surface area contributed by atoms with Gasteiger partial charge in [0.05, 0.1) is 5.69 Å². The standard InChI is InChI=1S/C16H15NO2/c1-12(18)15-9-8-14(10-16(15)17-2)19-11-13-6-4-3-5-7-13/h3-10,18H,1-2,11H2. The molecule has 96 valence electrons. The molecule has 1 N–H and O–H groups in total. The van der Waals surface area contributed by atoms with Crippen molar-refractivity contribution in [3.8, 4) is 5.75 Å². The van der Waals surface area contributed by atoms with Crippen LogP contribution in [0.25, 0.3) is 5.76 Å². The molecule has 0 amide bonds. The number of aliphatic hydroxyl groups excluding tert-OH is 1. The minimum absolute atomic E-state index is 0.0305. The van der Waals surface area contributed by atoms with E-state index in [0.717, 1.165) is 5.56 Å². The fourth-order valence-corrected chi connectivity index (χ4v) is 1.72. The van der Waals surface area contributed by atoms with Gasteiger partial charge in [-0.05, 0) is 24.4 Å². The van der Waals surface area contributed by atoms with Crippen LogP contribution in [0.4, 0.5) is 5.69 Å². The van der Waals surface area contributed by atoms with Crippen molar-refractivity contribution in [2.75, 3.05) is 0 Å². The molecule has 3 heteroatoms. The molecule has 0 atom stereocenters. The molecule has 0 saturated carbocycles. The van der Waals surface area contributed by atoms with Gasteiger partial charge in [0.15, 0.2) is 0 Å². The van der Waals surface area contributed by atoms with Gasteiger partial charge in [-0.2, -0.15) is 0 Å². The predicted octanol–water partition coefficient (Wildman–Crippen LogP) is 4.13. The SMILES string of the molecule is C=Nc1cc(OCc2ccccc2)ccc1C(=C)O. The normalized spacial score (nSPS) is 9.89. The van der Waals surface area contributed by atoms with E-state index in [9.17, 15) is 5.11 Å². The molecule has 0 aliphatic heterocycles. The van der Waals surface area contributed by atoms with Gasteiger partial charge in [0.25, 0.3) is 0 Å². The first kappa shape index (κ1) is 12.9. The molecule has 0 aliphatic carbocycles. The molecule has 0 bridgehead atoms. The average molecular weight is 253 g/mol. The van der Waals surface area contributed by atoms with Crippen LogP contribution in [0.1, 0.15) is 11.1 Å². The fourth-order valence-electron chi connectivity index (χ4n) is 1.72. The van der Waals surface area contributed by atoms with E-state index in [1.165, 1.54) is 0 Å². The maximum atomic E-state index is 9.41. The number of hydrogen-bond acceptors (Lipinski definition) is 3. The summed E-state index contributed by atoms with van der Waals surface area (Å²) in [7, 11) is 0. The van der Waals surface area contributed by atoms with Crippen LogP contribution in [-0.2, 0) is 6.61 Å². The van der Waals surface area contributed by atoms with Crippen molar-refractivity contribution >= 4 is 18.2 Å². The molecule has 0 unspecified atom stereocenters. The highest BCUT2D eigenvalue weighted by molar-refractivity contribution is 5.71. The lowest BCUT2D eigenvalue weighted by molar-refractivity contribution is 0.306. The smallest absolute Gasteiger partial charge is 0.122 e. The van der Waals surface area contributed by atoms with Gasteiger partial charge in [0.1, 0.15) is 18.1 Å². The average Bonchev–Trinajstić information content (AvgIpc) is 2.45. The zero-order valence-electron chi connectivity index (χ0n) is 10.5. The molecule has 0 saturated heterocycles. The van der Waals surface area contributed by atoms with Crippen LogP contribution in [-0.4, -0.2) is 11.8 Å². The van der Waals surface area contributed by atoms with E-state index in [2.05, 4.69) is 18.3 Å². The lowest BCUT2D eigenvalue weighted by Gasteiger charge is -2.09. The van der Waals surface area contributed by atoms with Crippen molar-refractivity contribution in [1.29, 1.82) is 0 Å². The Morgan fingerprint density at radius 2 is 1.89 bits per heavy atom. The van der Waals surface area contributed by atoms with Gasteiger partial charge in [-0.3, -0.25) is 4.99 Å². The summed E-state index contributed by atoms with van der Waals surface area (Å²) >= 11 is 0. The van der Waals surface area contributed by atoms with Crippen molar-refractivity contribution in [3.63, 3.8) is 0 Å². The molecule has 0 heterocycles. The van der Waals surface area contributed by atoms with Gasteiger partial charge < -0.3 is 9.84 Å². The maximum Gasteiger partial charge on any atom is 0.122 e. The molecule has 0 spiro atoms. The van der Waals surface area contributed by atoms with Crippen LogP contribution in [0.15, 0.2) is 60.1 Å². The first-order valence-electron chi connectivity index (χ1n) is 5.86. The van der Waals surface area contributed by atoms with Gasteiger partial charge in [0.2, 0.25) is 0 Å². The molecule has 0 radical (unpaired) electrons. The Labute approximate surface area is 112 Å². The number of rotatable bonds is 5. The van der Waals surface area contributed by atoms with E-state index in [-0.39, 0.29) is 5.76 Å². The Hall–Kier alpha value is -2.55. The second kappa shape index (κ2) is 5.87. The summed E-state index contributed by atoms with van der Waals surface area (Å²) in [4.78, 5) is 3.86. The highest BCUT2D eigenvalue weighted by Crippen LogP contribution is 2.28. The number of ether oxygens (including phenoxy) is 1. The Bertz CT molecular complexity index is 591. The van der Waals surface area contributed by atoms with E-state index < -0.39 is 0 Å². The topological polar surface area (TPSA) is 41.8 Å². The van der Waals surface area contributed by atoms with Gasteiger partial charge in [-0.1, -0.05) is 36.9 Å². The molecule has 0 fully saturated rings. The molecular formula is C16H15NO2. The molecule has 3 nitrogen and oxygen atoms in total. The predicted molar refractivity (Wildman–Crippen MR) is 78.1 cm³/mol. The highest BCUT2D eigenvalue weighted by Gasteiger charge is 2.06. The Balaban J connectivity index is 2.13. The van der Waals surface area contributed by atoms with E-state index in [0.29, 0.717) is 23.6 Å². The quantitative estimate of drug-likeness (QED) is 0.643. The Morgan fingerprint density at radius 3 is 2.53 bits per heavy atom. The molecule has 2 rings (SSSR count).